The molecule has 1 fully saturated rings. The molecule has 1 saturated heterocycles. The van der Waals surface area contributed by atoms with Crippen LogP contribution in [0.2, 0.25) is 0 Å². The van der Waals surface area contributed by atoms with Crippen molar-refractivity contribution < 1.29 is 9.18 Å². The Morgan fingerprint density at radius 2 is 1.80 bits per heavy atom. The van der Waals surface area contributed by atoms with Gasteiger partial charge in [-0.15, -0.1) is 0 Å². The summed E-state index contributed by atoms with van der Waals surface area (Å²) in [4.78, 5) is 19.0. The standard InChI is InChI=1S/C24H31FN4O/c1-2-26-24(27-14-12-20-8-10-22(25)11-9-20)28-17-21-16-23(30)29(18-21)15-13-19-6-4-3-5-7-19/h3-11,21H,2,12-18H2,1H3,(H2,26,27,28). The van der Waals surface area contributed by atoms with E-state index in [-0.39, 0.29) is 17.6 Å². The van der Waals surface area contributed by atoms with Crippen LogP contribution in [-0.4, -0.2) is 49.5 Å². The summed E-state index contributed by atoms with van der Waals surface area (Å²) in [5.41, 5.74) is 2.33. The van der Waals surface area contributed by atoms with Gasteiger partial charge in [-0.2, -0.15) is 0 Å². The van der Waals surface area contributed by atoms with Gasteiger partial charge in [-0.3, -0.25) is 9.79 Å². The Balaban J connectivity index is 1.44. The zero-order valence-electron chi connectivity index (χ0n) is 17.6. The third-order valence-electron chi connectivity index (χ3n) is 5.28. The molecule has 0 saturated carbocycles. The highest BCUT2D eigenvalue weighted by Gasteiger charge is 2.28. The monoisotopic (exact) mass is 410 g/mol. The molecule has 2 aromatic rings. The number of carbonyl (C=O) groups is 1. The molecule has 1 atom stereocenters. The van der Waals surface area contributed by atoms with E-state index in [1.54, 1.807) is 12.1 Å². The molecule has 1 unspecified atom stereocenters. The van der Waals surface area contributed by atoms with Crippen LogP contribution < -0.4 is 10.6 Å². The van der Waals surface area contributed by atoms with Crippen molar-refractivity contribution in [2.45, 2.75) is 26.2 Å². The molecule has 6 heteroatoms. The minimum atomic E-state index is -0.217. The van der Waals surface area contributed by atoms with Crippen molar-refractivity contribution in [3.63, 3.8) is 0 Å². The minimum absolute atomic E-state index is 0.217. The van der Waals surface area contributed by atoms with Gasteiger partial charge in [-0.1, -0.05) is 42.5 Å². The molecule has 0 radical (unpaired) electrons. The number of benzene rings is 2. The maximum absolute atomic E-state index is 13.0. The van der Waals surface area contributed by atoms with Gasteiger partial charge in [0.25, 0.3) is 0 Å². The van der Waals surface area contributed by atoms with E-state index >= 15 is 0 Å². The zero-order chi connectivity index (χ0) is 21.2. The third-order valence-corrected chi connectivity index (χ3v) is 5.28. The molecule has 0 aliphatic carbocycles. The molecule has 160 valence electrons. The Kier molecular flexibility index (Phi) is 8.24. The Bertz CT molecular complexity index is 823. The van der Waals surface area contributed by atoms with Crippen molar-refractivity contribution in [1.29, 1.82) is 0 Å². The average molecular weight is 411 g/mol. The fourth-order valence-electron chi connectivity index (χ4n) is 3.64. The molecule has 2 aromatic carbocycles. The van der Waals surface area contributed by atoms with E-state index in [0.717, 1.165) is 44.0 Å². The van der Waals surface area contributed by atoms with Gasteiger partial charge in [0.15, 0.2) is 5.96 Å². The molecule has 0 spiro atoms. The SMILES string of the molecule is CCNC(=NCC1CC(=O)N(CCc2ccccc2)C1)NCCc1ccc(F)cc1. The molecular weight excluding hydrogens is 379 g/mol. The summed E-state index contributed by atoms with van der Waals surface area (Å²) < 4.78 is 13.0. The van der Waals surface area contributed by atoms with E-state index in [2.05, 4.69) is 27.8 Å². The van der Waals surface area contributed by atoms with Gasteiger partial charge in [-0.25, -0.2) is 4.39 Å². The van der Waals surface area contributed by atoms with Crippen LogP contribution in [0.4, 0.5) is 4.39 Å². The second-order valence-electron chi connectivity index (χ2n) is 7.67. The highest BCUT2D eigenvalue weighted by atomic mass is 19.1. The molecule has 3 rings (SSSR count). The number of aliphatic imine (C=N–C) groups is 1. The Hall–Kier alpha value is -2.89. The quantitative estimate of drug-likeness (QED) is 0.494. The van der Waals surface area contributed by atoms with Gasteiger partial charge in [0.2, 0.25) is 5.91 Å². The molecule has 5 nitrogen and oxygen atoms in total. The van der Waals surface area contributed by atoms with E-state index < -0.39 is 0 Å². The number of carbonyl (C=O) groups excluding carboxylic acids is 1. The predicted octanol–water partition coefficient (Wildman–Crippen LogP) is 3.01. The number of rotatable bonds is 9. The van der Waals surface area contributed by atoms with Crippen molar-refractivity contribution in [2.75, 3.05) is 32.7 Å². The number of halogens is 1. The highest BCUT2D eigenvalue weighted by molar-refractivity contribution is 5.80. The van der Waals surface area contributed by atoms with E-state index in [0.29, 0.717) is 19.5 Å². The summed E-state index contributed by atoms with van der Waals surface area (Å²) in [6.45, 7) is 5.67. The lowest BCUT2D eigenvalue weighted by molar-refractivity contribution is -0.127. The first-order valence-electron chi connectivity index (χ1n) is 10.7. The van der Waals surface area contributed by atoms with Crippen molar-refractivity contribution in [1.82, 2.24) is 15.5 Å². The molecule has 1 amide bonds. The van der Waals surface area contributed by atoms with Gasteiger partial charge < -0.3 is 15.5 Å². The highest BCUT2D eigenvalue weighted by Crippen LogP contribution is 2.18. The van der Waals surface area contributed by atoms with Gasteiger partial charge >= 0.3 is 0 Å². The van der Waals surface area contributed by atoms with Gasteiger partial charge in [-0.05, 0) is 43.0 Å². The predicted molar refractivity (Wildman–Crippen MR) is 119 cm³/mol. The topological polar surface area (TPSA) is 56.7 Å². The van der Waals surface area contributed by atoms with Crippen molar-refractivity contribution in [3.05, 3.63) is 71.5 Å². The van der Waals surface area contributed by atoms with Crippen LogP contribution in [0.5, 0.6) is 0 Å². The maximum Gasteiger partial charge on any atom is 0.223 e. The van der Waals surface area contributed by atoms with Crippen LogP contribution in [0.15, 0.2) is 59.6 Å². The van der Waals surface area contributed by atoms with Gasteiger partial charge in [0.05, 0.1) is 0 Å². The number of nitrogens with one attached hydrogen (secondary N) is 2. The zero-order valence-corrected chi connectivity index (χ0v) is 17.6. The van der Waals surface area contributed by atoms with Gasteiger partial charge in [0.1, 0.15) is 5.82 Å². The normalized spacial score (nSPS) is 16.7. The summed E-state index contributed by atoms with van der Waals surface area (Å²) in [6.07, 6.45) is 2.24. The average Bonchev–Trinajstić information content (AvgIpc) is 3.12. The summed E-state index contributed by atoms with van der Waals surface area (Å²) in [5.74, 6) is 1.02. The second kappa shape index (κ2) is 11.3. The van der Waals surface area contributed by atoms with E-state index in [9.17, 15) is 9.18 Å². The number of guanidine groups is 1. The fourth-order valence-corrected chi connectivity index (χ4v) is 3.64. The van der Waals surface area contributed by atoms with Crippen LogP contribution in [0, 0.1) is 11.7 Å². The lowest BCUT2D eigenvalue weighted by Gasteiger charge is -2.16. The molecule has 1 aliphatic heterocycles. The lowest BCUT2D eigenvalue weighted by atomic mass is 10.1. The van der Waals surface area contributed by atoms with E-state index in [4.69, 9.17) is 0 Å². The van der Waals surface area contributed by atoms with Crippen LogP contribution in [0.3, 0.4) is 0 Å². The molecular formula is C24H31FN4O. The van der Waals surface area contributed by atoms with E-state index in [1.165, 1.54) is 17.7 Å². The molecule has 2 N–H and O–H groups in total. The minimum Gasteiger partial charge on any atom is -0.357 e. The summed E-state index contributed by atoms with van der Waals surface area (Å²) >= 11 is 0. The van der Waals surface area contributed by atoms with Crippen molar-refractivity contribution >= 4 is 11.9 Å². The molecule has 30 heavy (non-hydrogen) atoms. The Morgan fingerprint density at radius 1 is 1.07 bits per heavy atom. The van der Waals surface area contributed by atoms with Crippen LogP contribution in [-0.2, 0) is 17.6 Å². The van der Waals surface area contributed by atoms with Crippen LogP contribution in [0.25, 0.3) is 0 Å². The molecule has 0 aromatic heterocycles. The third kappa shape index (κ3) is 6.87. The largest absolute Gasteiger partial charge is 0.357 e. The smallest absolute Gasteiger partial charge is 0.223 e. The lowest BCUT2D eigenvalue weighted by Crippen LogP contribution is -2.38. The number of hydrogen-bond acceptors (Lipinski definition) is 2. The van der Waals surface area contributed by atoms with Crippen molar-refractivity contribution in [2.24, 2.45) is 10.9 Å². The van der Waals surface area contributed by atoms with Crippen LogP contribution >= 0.6 is 0 Å². The number of nitrogens with zero attached hydrogens (tertiary/aromatic N) is 2. The number of likely N-dealkylation sites (tertiary alicyclic amines) is 1. The Labute approximate surface area is 178 Å². The Morgan fingerprint density at radius 3 is 2.53 bits per heavy atom. The first kappa shape index (κ1) is 21.8. The summed E-state index contributed by atoms with van der Waals surface area (Å²) in [6, 6.07) is 16.8. The van der Waals surface area contributed by atoms with Crippen LogP contribution in [0.1, 0.15) is 24.5 Å². The first-order chi connectivity index (χ1) is 14.6. The summed E-state index contributed by atoms with van der Waals surface area (Å²) in [7, 11) is 0. The van der Waals surface area contributed by atoms with E-state index in [1.807, 2.05) is 30.0 Å². The first-order valence-corrected chi connectivity index (χ1v) is 10.7. The molecule has 1 aliphatic rings. The second-order valence-corrected chi connectivity index (χ2v) is 7.67. The molecule has 1 heterocycles. The van der Waals surface area contributed by atoms with Crippen molar-refractivity contribution in [3.8, 4) is 0 Å². The number of hydrogen-bond donors (Lipinski definition) is 2. The molecule has 0 bridgehead atoms. The summed E-state index contributed by atoms with van der Waals surface area (Å²) in [5, 5.41) is 6.57. The fraction of sp³-hybridized carbons (Fsp3) is 0.417. The van der Waals surface area contributed by atoms with Gasteiger partial charge in [0, 0.05) is 45.1 Å². The number of amides is 1. The maximum atomic E-state index is 13.0.